The summed E-state index contributed by atoms with van der Waals surface area (Å²) < 4.78 is 16.2. The molecule has 3 aliphatic rings. The molecule has 0 saturated heterocycles. The second kappa shape index (κ2) is 5.10. The molecule has 0 heterocycles. The Bertz CT molecular complexity index is 414. The van der Waals surface area contributed by atoms with Crippen molar-refractivity contribution in [2.45, 2.75) is 25.6 Å². The molecular formula is C15H20O4. The van der Waals surface area contributed by atoms with E-state index in [0.717, 1.165) is 6.42 Å². The lowest BCUT2D eigenvalue weighted by Crippen LogP contribution is -2.43. The molecule has 0 aromatic heterocycles. The first-order valence-corrected chi connectivity index (χ1v) is 6.85. The first kappa shape index (κ1) is 12.9. The van der Waals surface area contributed by atoms with Crippen molar-refractivity contribution in [1.29, 1.82) is 0 Å². The predicted molar refractivity (Wildman–Crippen MR) is 69.2 cm³/mol. The summed E-state index contributed by atoms with van der Waals surface area (Å²) in [6.07, 6.45) is 9.69. The maximum absolute atomic E-state index is 11.2. The van der Waals surface area contributed by atoms with Crippen LogP contribution in [0.2, 0.25) is 0 Å². The summed E-state index contributed by atoms with van der Waals surface area (Å²) in [6, 6.07) is 0. The Morgan fingerprint density at radius 1 is 1.11 bits per heavy atom. The van der Waals surface area contributed by atoms with E-state index in [-0.39, 0.29) is 18.2 Å². The third-order valence-corrected chi connectivity index (χ3v) is 4.51. The van der Waals surface area contributed by atoms with Gasteiger partial charge in [0.25, 0.3) is 0 Å². The van der Waals surface area contributed by atoms with Crippen LogP contribution >= 0.6 is 0 Å². The van der Waals surface area contributed by atoms with Gasteiger partial charge in [0.1, 0.15) is 12.9 Å². The molecule has 0 aromatic carbocycles. The fraction of sp³-hybridized carbons (Fsp3) is 0.667. The van der Waals surface area contributed by atoms with Crippen LogP contribution in [0, 0.1) is 23.7 Å². The van der Waals surface area contributed by atoms with Crippen molar-refractivity contribution in [2.24, 2.45) is 23.7 Å². The summed E-state index contributed by atoms with van der Waals surface area (Å²) >= 11 is 0. The number of hydrogen-bond donors (Lipinski definition) is 0. The molecule has 1 saturated carbocycles. The van der Waals surface area contributed by atoms with Gasteiger partial charge in [-0.2, -0.15) is 0 Å². The maximum atomic E-state index is 11.2. The number of hydrogen-bond acceptors (Lipinski definition) is 4. The largest absolute Gasteiger partial charge is 0.458 e. The zero-order valence-corrected chi connectivity index (χ0v) is 11.3. The Morgan fingerprint density at radius 2 is 1.74 bits per heavy atom. The summed E-state index contributed by atoms with van der Waals surface area (Å²) in [4.78, 5) is 11.2. The summed E-state index contributed by atoms with van der Waals surface area (Å²) in [5.74, 6) is 1.60. The van der Waals surface area contributed by atoms with E-state index in [1.165, 1.54) is 6.92 Å². The lowest BCUT2D eigenvalue weighted by molar-refractivity contribution is -0.151. The van der Waals surface area contributed by atoms with Crippen LogP contribution in [0.5, 0.6) is 0 Å². The van der Waals surface area contributed by atoms with E-state index in [2.05, 4.69) is 12.2 Å². The molecule has 0 unspecified atom stereocenters. The summed E-state index contributed by atoms with van der Waals surface area (Å²) in [6.45, 7) is 1.77. The molecule has 0 spiro atoms. The first-order valence-electron chi connectivity index (χ1n) is 6.85. The molecule has 3 rings (SSSR count). The molecule has 0 aliphatic heterocycles. The van der Waals surface area contributed by atoms with Crippen LogP contribution in [0.15, 0.2) is 24.3 Å². The molecule has 4 heteroatoms. The number of fused-ring (bicyclic) bond motifs is 5. The molecule has 4 nitrogen and oxygen atoms in total. The number of ether oxygens (including phenoxy) is 3. The van der Waals surface area contributed by atoms with Crippen molar-refractivity contribution in [3.05, 3.63) is 24.3 Å². The SMILES string of the molecule is COCO[C@H]1C=C[C@@H](OC(C)=O)[C@@H]2[C@H]1[C@@H]1C=C[C@H]2C1. The number of esters is 1. The minimum absolute atomic E-state index is 0.0664. The number of methoxy groups -OCH3 is 1. The van der Waals surface area contributed by atoms with Gasteiger partial charge in [-0.1, -0.05) is 18.2 Å². The van der Waals surface area contributed by atoms with Gasteiger partial charge in [-0.15, -0.1) is 0 Å². The van der Waals surface area contributed by atoms with E-state index in [1.807, 2.05) is 12.2 Å². The van der Waals surface area contributed by atoms with Gasteiger partial charge < -0.3 is 14.2 Å². The Morgan fingerprint density at radius 3 is 2.37 bits per heavy atom. The summed E-state index contributed by atoms with van der Waals surface area (Å²) in [5, 5.41) is 0. The number of carbonyl (C=O) groups excluding carboxylic acids is 1. The van der Waals surface area contributed by atoms with Crippen molar-refractivity contribution in [3.63, 3.8) is 0 Å². The van der Waals surface area contributed by atoms with Crippen LogP contribution in [0.25, 0.3) is 0 Å². The van der Waals surface area contributed by atoms with Crippen molar-refractivity contribution in [1.82, 2.24) is 0 Å². The number of rotatable bonds is 4. The molecule has 2 bridgehead atoms. The van der Waals surface area contributed by atoms with Gasteiger partial charge >= 0.3 is 5.97 Å². The molecule has 104 valence electrons. The molecule has 0 radical (unpaired) electrons. The molecule has 3 aliphatic carbocycles. The molecular weight excluding hydrogens is 244 g/mol. The van der Waals surface area contributed by atoms with Crippen LogP contribution in [-0.4, -0.2) is 32.1 Å². The van der Waals surface area contributed by atoms with E-state index >= 15 is 0 Å². The number of allylic oxidation sites excluding steroid dienone is 2. The van der Waals surface area contributed by atoms with Crippen LogP contribution in [0.1, 0.15) is 13.3 Å². The molecule has 1 fully saturated rings. The fourth-order valence-electron chi connectivity index (χ4n) is 3.92. The van der Waals surface area contributed by atoms with Crippen molar-refractivity contribution < 1.29 is 19.0 Å². The van der Waals surface area contributed by atoms with E-state index in [4.69, 9.17) is 14.2 Å². The highest BCUT2D eigenvalue weighted by Crippen LogP contribution is 2.53. The predicted octanol–water partition coefficient (Wildman–Crippen LogP) is 1.92. The Balaban J connectivity index is 1.81. The van der Waals surface area contributed by atoms with Crippen LogP contribution in [0.3, 0.4) is 0 Å². The Labute approximate surface area is 113 Å². The highest BCUT2D eigenvalue weighted by molar-refractivity contribution is 5.66. The molecule has 0 amide bonds. The molecule has 0 aromatic rings. The van der Waals surface area contributed by atoms with E-state index in [1.54, 1.807) is 7.11 Å². The van der Waals surface area contributed by atoms with Crippen LogP contribution in [-0.2, 0) is 19.0 Å². The lowest BCUT2D eigenvalue weighted by atomic mass is 9.73. The molecule has 6 atom stereocenters. The second-order valence-electron chi connectivity index (χ2n) is 5.60. The normalized spacial score (nSPS) is 42.4. The average Bonchev–Trinajstić information content (AvgIpc) is 2.98. The van der Waals surface area contributed by atoms with Crippen molar-refractivity contribution in [3.8, 4) is 0 Å². The standard InChI is InChI=1S/C15H20O4/c1-9(16)19-13-6-5-12(18-8-17-2)14-10-3-4-11(7-10)15(13)14/h3-6,10-15H,7-8H2,1-2H3/t10-,11+,12+,13-,14+,15-/m1/s1. The molecule has 19 heavy (non-hydrogen) atoms. The van der Waals surface area contributed by atoms with Gasteiger partial charge in [-0.3, -0.25) is 4.79 Å². The minimum atomic E-state index is -0.212. The van der Waals surface area contributed by atoms with E-state index < -0.39 is 0 Å². The van der Waals surface area contributed by atoms with Gasteiger partial charge in [0, 0.05) is 25.9 Å². The van der Waals surface area contributed by atoms with Crippen molar-refractivity contribution in [2.75, 3.05) is 13.9 Å². The lowest BCUT2D eigenvalue weighted by Gasteiger charge is -2.39. The van der Waals surface area contributed by atoms with E-state index in [9.17, 15) is 4.79 Å². The zero-order valence-electron chi connectivity index (χ0n) is 11.3. The third-order valence-electron chi connectivity index (χ3n) is 4.51. The van der Waals surface area contributed by atoms with Crippen molar-refractivity contribution >= 4 is 5.97 Å². The minimum Gasteiger partial charge on any atom is -0.458 e. The van der Waals surface area contributed by atoms with Gasteiger partial charge in [0.2, 0.25) is 0 Å². The third kappa shape index (κ3) is 2.23. The van der Waals surface area contributed by atoms with Gasteiger partial charge in [0.15, 0.2) is 0 Å². The monoisotopic (exact) mass is 264 g/mol. The Hall–Kier alpha value is -1.13. The van der Waals surface area contributed by atoms with Gasteiger partial charge in [-0.25, -0.2) is 0 Å². The summed E-state index contributed by atoms with van der Waals surface area (Å²) in [5.41, 5.74) is 0. The quantitative estimate of drug-likeness (QED) is 0.442. The maximum Gasteiger partial charge on any atom is 0.303 e. The Kier molecular flexibility index (Phi) is 3.46. The van der Waals surface area contributed by atoms with Crippen LogP contribution in [0.4, 0.5) is 0 Å². The van der Waals surface area contributed by atoms with Crippen LogP contribution < -0.4 is 0 Å². The summed E-state index contributed by atoms with van der Waals surface area (Å²) in [7, 11) is 1.63. The highest BCUT2D eigenvalue weighted by Gasteiger charge is 2.52. The van der Waals surface area contributed by atoms with E-state index in [0.29, 0.717) is 30.5 Å². The average molecular weight is 264 g/mol. The number of carbonyl (C=O) groups is 1. The second-order valence-corrected chi connectivity index (χ2v) is 5.60. The highest BCUT2D eigenvalue weighted by atomic mass is 16.7. The smallest absolute Gasteiger partial charge is 0.303 e. The van der Waals surface area contributed by atoms with Gasteiger partial charge in [-0.05, 0) is 24.3 Å². The molecule has 0 N–H and O–H groups in total. The van der Waals surface area contributed by atoms with Gasteiger partial charge in [0.05, 0.1) is 6.10 Å². The topological polar surface area (TPSA) is 44.8 Å². The zero-order chi connectivity index (χ0) is 13.4. The first-order chi connectivity index (χ1) is 9.20. The fourth-order valence-corrected chi connectivity index (χ4v) is 3.92.